The van der Waals surface area contributed by atoms with Gasteiger partial charge in [-0.25, -0.2) is 4.79 Å². The zero-order chi connectivity index (χ0) is 15.7. The van der Waals surface area contributed by atoms with Crippen molar-refractivity contribution >= 4 is 18.3 Å². The minimum atomic E-state index is -1.00. The van der Waals surface area contributed by atoms with Crippen LogP contribution in [0.4, 0.5) is 10.5 Å². The van der Waals surface area contributed by atoms with Crippen LogP contribution in [0.5, 0.6) is 5.75 Å². The van der Waals surface area contributed by atoms with Crippen LogP contribution in [0.2, 0.25) is 0 Å². The number of nitrogens with zero attached hydrogens (tertiary/aromatic N) is 1. The summed E-state index contributed by atoms with van der Waals surface area (Å²) in [7, 11) is 0. The number of nitro benzene ring substituents is 1. The fourth-order valence-corrected chi connectivity index (χ4v) is 1.33. The Balaban J connectivity index is 2.47. The van der Waals surface area contributed by atoms with Crippen LogP contribution in [-0.2, 0) is 9.53 Å². The molecule has 0 radical (unpaired) electrons. The van der Waals surface area contributed by atoms with Crippen molar-refractivity contribution in [1.82, 2.24) is 5.32 Å². The topological polar surface area (TPSA) is 108 Å². The smallest absolute Gasteiger partial charge is 0.432 e. The molecule has 0 aliphatic carbocycles. The molecule has 110 valence electrons. The highest BCUT2D eigenvalue weighted by molar-refractivity contribution is 5.64. The van der Waals surface area contributed by atoms with E-state index in [0.29, 0.717) is 6.41 Å². The summed E-state index contributed by atoms with van der Waals surface area (Å²) >= 11 is 0. The molecule has 1 aromatic carbocycles. The Morgan fingerprint density at radius 3 is 2.67 bits per heavy atom. The lowest BCUT2D eigenvalue weighted by Gasteiger charge is -2.13. The number of hydrogen-bond donors (Lipinski definition) is 1. The fourth-order valence-electron chi connectivity index (χ4n) is 1.33. The number of nitrogens with one attached hydrogen (secondary N) is 1. The Labute approximate surface area is 120 Å². The molecular formula is C13H12N2O6. The third-order valence-corrected chi connectivity index (χ3v) is 2.32. The molecule has 0 spiro atoms. The van der Waals surface area contributed by atoms with Crippen LogP contribution >= 0.6 is 0 Å². The molecule has 1 aromatic rings. The fraction of sp³-hybridized carbons (Fsp3) is 0.231. The molecule has 0 aliphatic rings. The Morgan fingerprint density at radius 2 is 2.14 bits per heavy atom. The van der Waals surface area contributed by atoms with E-state index in [1.807, 2.05) is 0 Å². The lowest BCUT2D eigenvalue weighted by Crippen LogP contribution is -2.33. The molecule has 1 rings (SSSR count). The minimum absolute atomic E-state index is 0.0995. The van der Waals surface area contributed by atoms with Gasteiger partial charge in [-0.1, -0.05) is 0 Å². The summed E-state index contributed by atoms with van der Waals surface area (Å²) in [5.41, 5.74) is -0.125. The van der Waals surface area contributed by atoms with Gasteiger partial charge in [-0.2, -0.15) is 0 Å². The van der Waals surface area contributed by atoms with Crippen molar-refractivity contribution in [3.05, 3.63) is 34.4 Å². The lowest BCUT2D eigenvalue weighted by atomic mass is 10.2. The Kier molecular flexibility index (Phi) is 6.21. The largest absolute Gasteiger partial charge is 0.513 e. The second-order valence-corrected chi connectivity index (χ2v) is 3.80. The molecule has 0 fully saturated rings. The van der Waals surface area contributed by atoms with Crippen molar-refractivity contribution in [2.75, 3.05) is 6.61 Å². The minimum Gasteiger partial charge on any atom is -0.432 e. The first-order valence-electron chi connectivity index (χ1n) is 5.79. The zero-order valence-electron chi connectivity index (χ0n) is 10.9. The second-order valence-electron chi connectivity index (χ2n) is 3.80. The van der Waals surface area contributed by atoms with Crippen LogP contribution in [0.1, 0.15) is 6.42 Å². The average molecular weight is 292 g/mol. The van der Waals surface area contributed by atoms with Gasteiger partial charge in [-0.3, -0.25) is 14.9 Å². The molecular weight excluding hydrogens is 280 g/mol. The van der Waals surface area contributed by atoms with Crippen molar-refractivity contribution in [3.63, 3.8) is 0 Å². The van der Waals surface area contributed by atoms with Gasteiger partial charge in [0.15, 0.2) is 0 Å². The van der Waals surface area contributed by atoms with E-state index >= 15 is 0 Å². The van der Waals surface area contributed by atoms with Gasteiger partial charge in [0.1, 0.15) is 12.4 Å². The number of carbonyl (C=O) groups excluding carboxylic acids is 2. The van der Waals surface area contributed by atoms with E-state index in [1.165, 1.54) is 24.3 Å². The number of benzene rings is 1. The SMILES string of the molecule is C#CCC(COC(=O)Oc1ccc([N+](=O)[O-])cc1)NC=O. The van der Waals surface area contributed by atoms with Gasteiger partial charge in [-0.15, -0.1) is 12.3 Å². The first kappa shape index (κ1) is 16.0. The maximum Gasteiger partial charge on any atom is 0.513 e. The Hall–Kier alpha value is -3.08. The van der Waals surface area contributed by atoms with E-state index in [1.54, 1.807) is 0 Å². The molecule has 21 heavy (non-hydrogen) atoms. The van der Waals surface area contributed by atoms with Crippen molar-refractivity contribution in [2.24, 2.45) is 0 Å². The van der Waals surface area contributed by atoms with Gasteiger partial charge in [-0.05, 0) is 12.1 Å². The monoisotopic (exact) mass is 292 g/mol. The van der Waals surface area contributed by atoms with Gasteiger partial charge in [0.05, 0.1) is 11.0 Å². The molecule has 8 heteroatoms. The summed E-state index contributed by atoms with van der Waals surface area (Å²) in [6.45, 7) is -0.144. The second kappa shape index (κ2) is 8.16. The van der Waals surface area contributed by atoms with E-state index in [-0.39, 0.29) is 24.5 Å². The first-order chi connectivity index (χ1) is 10.1. The number of non-ortho nitro benzene ring substituents is 1. The summed E-state index contributed by atoms with van der Waals surface area (Å²) in [6, 6.07) is 4.41. The van der Waals surface area contributed by atoms with Crippen molar-refractivity contribution in [3.8, 4) is 18.1 Å². The number of ether oxygens (including phenoxy) is 2. The number of terminal acetylenes is 1. The van der Waals surface area contributed by atoms with Crippen LogP contribution in [0.15, 0.2) is 24.3 Å². The molecule has 1 unspecified atom stereocenters. The third kappa shape index (κ3) is 5.61. The maximum atomic E-state index is 11.4. The molecule has 1 N–H and O–H groups in total. The van der Waals surface area contributed by atoms with Gasteiger partial charge in [0, 0.05) is 18.6 Å². The summed E-state index contributed by atoms with van der Waals surface area (Å²) in [6.07, 6.45) is 4.74. The molecule has 1 amide bonds. The number of nitro groups is 1. The van der Waals surface area contributed by atoms with Crippen LogP contribution in [0.3, 0.4) is 0 Å². The Morgan fingerprint density at radius 1 is 1.48 bits per heavy atom. The predicted octanol–water partition coefficient (Wildman–Crippen LogP) is 1.25. The molecule has 0 heterocycles. The van der Waals surface area contributed by atoms with Crippen molar-refractivity contribution in [1.29, 1.82) is 0 Å². The van der Waals surface area contributed by atoms with E-state index in [0.717, 1.165) is 0 Å². The molecule has 0 saturated carbocycles. The molecule has 1 atom stereocenters. The van der Waals surface area contributed by atoms with Crippen LogP contribution in [-0.4, -0.2) is 30.1 Å². The highest BCUT2D eigenvalue weighted by atomic mass is 16.7. The summed E-state index contributed by atoms with van der Waals surface area (Å²) in [5, 5.41) is 12.8. The molecule has 0 aliphatic heterocycles. The number of hydrogen-bond acceptors (Lipinski definition) is 6. The van der Waals surface area contributed by atoms with Crippen LogP contribution < -0.4 is 10.1 Å². The van der Waals surface area contributed by atoms with Gasteiger partial charge in [0.25, 0.3) is 5.69 Å². The van der Waals surface area contributed by atoms with Crippen LogP contribution in [0, 0.1) is 22.5 Å². The quantitative estimate of drug-likeness (QED) is 0.202. The third-order valence-electron chi connectivity index (χ3n) is 2.32. The van der Waals surface area contributed by atoms with Gasteiger partial charge in [0.2, 0.25) is 6.41 Å². The zero-order valence-corrected chi connectivity index (χ0v) is 10.9. The number of rotatable bonds is 7. The summed E-state index contributed by atoms with van der Waals surface area (Å²) < 4.78 is 9.58. The molecule has 0 bridgehead atoms. The average Bonchev–Trinajstić information content (AvgIpc) is 2.46. The van der Waals surface area contributed by atoms with E-state index in [2.05, 4.69) is 11.2 Å². The standard InChI is InChI=1S/C13H12N2O6/c1-2-3-10(14-9-16)8-20-13(17)21-12-6-4-11(5-7-12)15(18)19/h1,4-7,9-10H,3,8H2,(H,14,16). The number of amides is 1. The number of carbonyl (C=O) groups is 2. The molecule has 0 aromatic heterocycles. The lowest BCUT2D eigenvalue weighted by molar-refractivity contribution is -0.384. The van der Waals surface area contributed by atoms with Gasteiger partial charge < -0.3 is 14.8 Å². The molecule has 0 saturated heterocycles. The maximum absolute atomic E-state index is 11.4. The normalized spacial score (nSPS) is 10.8. The van der Waals surface area contributed by atoms with Crippen LogP contribution in [0.25, 0.3) is 0 Å². The van der Waals surface area contributed by atoms with E-state index < -0.39 is 17.1 Å². The Bertz CT molecular complexity index is 549. The molecule has 8 nitrogen and oxygen atoms in total. The summed E-state index contributed by atoms with van der Waals surface area (Å²) in [5.74, 6) is 2.42. The predicted molar refractivity (Wildman–Crippen MR) is 71.5 cm³/mol. The van der Waals surface area contributed by atoms with E-state index in [4.69, 9.17) is 15.9 Å². The van der Waals surface area contributed by atoms with E-state index in [9.17, 15) is 19.7 Å². The highest BCUT2D eigenvalue weighted by Gasteiger charge is 2.12. The summed E-state index contributed by atoms with van der Waals surface area (Å²) in [4.78, 5) is 31.6. The van der Waals surface area contributed by atoms with Crippen molar-refractivity contribution in [2.45, 2.75) is 12.5 Å². The highest BCUT2D eigenvalue weighted by Crippen LogP contribution is 2.17. The van der Waals surface area contributed by atoms with Crippen molar-refractivity contribution < 1.29 is 24.0 Å². The first-order valence-corrected chi connectivity index (χ1v) is 5.79. The van der Waals surface area contributed by atoms with Gasteiger partial charge >= 0.3 is 6.16 Å².